The number of rotatable bonds is 8. The van der Waals surface area contributed by atoms with Gasteiger partial charge >= 0.3 is 0 Å². The van der Waals surface area contributed by atoms with Crippen LogP contribution in [0.25, 0.3) is 11.0 Å². The van der Waals surface area contributed by atoms with Crippen LogP contribution in [0.5, 0.6) is 0 Å². The highest BCUT2D eigenvalue weighted by molar-refractivity contribution is 5.85. The van der Waals surface area contributed by atoms with Crippen LogP contribution in [-0.2, 0) is 27.4 Å². The van der Waals surface area contributed by atoms with Crippen molar-refractivity contribution in [2.45, 2.75) is 39.4 Å². The van der Waals surface area contributed by atoms with Crippen molar-refractivity contribution < 1.29 is 14.3 Å². The van der Waals surface area contributed by atoms with Crippen molar-refractivity contribution in [3.8, 4) is 0 Å². The van der Waals surface area contributed by atoms with E-state index in [0.717, 1.165) is 22.4 Å². The fourth-order valence-corrected chi connectivity index (χ4v) is 4.10. The molecule has 0 radical (unpaired) electrons. The van der Waals surface area contributed by atoms with Crippen molar-refractivity contribution in [3.05, 3.63) is 60.2 Å². The Balaban J connectivity index is 1.42. The first-order valence-electron chi connectivity index (χ1n) is 11.5. The molecule has 1 aliphatic heterocycles. The molecule has 0 spiro atoms. The summed E-state index contributed by atoms with van der Waals surface area (Å²) < 4.78 is 6.15. The largest absolute Gasteiger partial charge is 0.370 e. The number of nitrogens with zero attached hydrogens (tertiary/aromatic N) is 4. The Morgan fingerprint density at radius 2 is 2.06 bits per heavy atom. The van der Waals surface area contributed by atoms with Gasteiger partial charge in [-0.05, 0) is 29.7 Å². The molecule has 1 aliphatic rings. The summed E-state index contributed by atoms with van der Waals surface area (Å²) in [5.41, 5.74) is 2.81. The molecular formula is C25H31N5O3. The molecule has 2 aromatic heterocycles. The highest BCUT2D eigenvalue weighted by Crippen LogP contribution is 2.15. The minimum Gasteiger partial charge on any atom is -0.370 e. The lowest BCUT2D eigenvalue weighted by molar-refractivity contribution is -0.139. The monoisotopic (exact) mass is 449 g/mol. The number of hydrogen-bond donors (Lipinski definition) is 1. The molecule has 4 rings (SSSR count). The summed E-state index contributed by atoms with van der Waals surface area (Å²) in [7, 11) is 0. The number of carbonyl (C=O) groups is 2. The van der Waals surface area contributed by atoms with Gasteiger partial charge in [-0.25, -0.2) is 4.98 Å². The van der Waals surface area contributed by atoms with E-state index in [0.29, 0.717) is 38.6 Å². The maximum absolute atomic E-state index is 13.1. The molecule has 8 heteroatoms. The first kappa shape index (κ1) is 22.9. The summed E-state index contributed by atoms with van der Waals surface area (Å²) in [5.74, 6) is 1.01. The lowest BCUT2D eigenvalue weighted by Crippen LogP contribution is -2.40. The topological polar surface area (TPSA) is 91.4 Å². The third-order valence-corrected chi connectivity index (χ3v) is 5.69. The van der Waals surface area contributed by atoms with E-state index in [1.54, 1.807) is 17.3 Å². The van der Waals surface area contributed by atoms with E-state index in [-0.39, 0.29) is 30.9 Å². The number of carbonyl (C=O) groups excluding carboxylic acids is 2. The number of aromatic amines is 1. The molecule has 1 fully saturated rings. The summed E-state index contributed by atoms with van der Waals surface area (Å²) in [6, 6.07) is 11.6. The Bertz CT molecular complexity index is 1050. The maximum Gasteiger partial charge on any atom is 0.242 e. The van der Waals surface area contributed by atoms with Crippen molar-refractivity contribution >= 4 is 22.8 Å². The number of amides is 2. The molecule has 1 atom stereocenters. The van der Waals surface area contributed by atoms with Gasteiger partial charge in [0.15, 0.2) is 0 Å². The minimum atomic E-state index is -0.259. The van der Waals surface area contributed by atoms with E-state index in [1.807, 2.05) is 41.3 Å². The quantitative estimate of drug-likeness (QED) is 0.571. The normalized spacial score (nSPS) is 17.1. The number of hydrogen-bond acceptors (Lipinski definition) is 5. The van der Waals surface area contributed by atoms with Crippen LogP contribution in [-0.4, -0.2) is 68.8 Å². The van der Waals surface area contributed by atoms with Gasteiger partial charge in [-0.1, -0.05) is 32.0 Å². The van der Waals surface area contributed by atoms with Crippen LogP contribution in [0.2, 0.25) is 0 Å². The van der Waals surface area contributed by atoms with Crippen molar-refractivity contribution in [1.29, 1.82) is 0 Å². The van der Waals surface area contributed by atoms with Crippen LogP contribution in [0.15, 0.2) is 48.8 Å². The predicted molar refractivity (Wildman–Crippen MR) is 125 cm³/mol. The van der Waals surface area contributed by atoms with Crippen LogP contribution < -0.4 is 0 Å². The van der Waals surface area contributed by atoms with Crippen molar-refractivity contribution in [2.75, 3.05) is 26.2 Å². The van der Waals surface area contributed by atoms with E-state index in [2.05, 4.69) is 28.8 Å². The zero-order valence-corrected chi connectivity index (χ0v) is 19.2. The van der Waals surface area contributed by atoms with Gasteiger partial charge in [0, 0.05) is 44.9 Å². The molecule has 8 nitrogen and oxygen atoms in total. The average molecular weight is 450 g/mol. The van der Waals surface area contributed by atoms with Gasteiger partial charge in [0.1, 0.15) is 5.82 Å². The molecule has 3 aromatic rings. The second-order valence-electron chi connectivity index (χ2n) is 8.96. The second-order valence-corrected chi connectivity index (χ2v) is 8.96. The number of aromatic nitrogens is 3. The lowest BCUT2D eigenvalue weighted by Gasteiger charge is -2.26. The number of pyridine rings is 1. The second kappa shape index (κ2) is 10.6. The summed E-state index contributed by atoms with van der Waals surface area (Å²) in [4.78, 5) is 41.4. The Hall–Kier alpha value is -3.26. The standard InChI is InChI=1S/C25H31N5O3/c1-18(2)13-29-14-20(33-17-19-6-5-11-26-12-19)15-30(16-25(29)32)24(31)10-9-23-27-21-7-3-4-8-22(21)28-23/h3-8,11-12,18,20H,9-10,13-17H2,1-2H3,(H,27,28). The van der Waals surface area contributed by atoms with Crippen LogP contribution in [0.4, 0.5) is 0 Å². The van der Waals surface area contributed by atoms with Gasteiger partial charge in [-0.3, -0.25) is 14.6 Å². The summed E-state index contributed by atoms with van der Waals surface area (Å²) >= 11 is 0. The van der Waals surface area contributed by atoms with E-state index in [1.165, 1.54) is 0 Å². The first-order chi connectivity index (χ1) is 16.0. The van der Waals surface area contributed by atoms with E-state index in [4.69, 9.17) is 4.74 Å². The Morgan fingerprint density at radius 1 is 1.21 bits per heavy atom. The number of nitrogens with one attached hydrogen (secondary N) is 1. The van der Waals surface area contributed by atoms with Gasteiger partial charge in [0.2, 0.25) is 11.8 Å². The molecule has 1 saturated heterocycles. The van der Waals surface area contributed by atoms with E-state index in [9.17, 15) is 9.59 Å². The predicted octanol–water partition coefficient (Wildman–Crippen LogP) is 2.80. The van der Waals surface area contributed by atoms with Crippen molar-refractivity contribution in [2.24, 2.45) is 5.92 Å². The average Bonchev–Trinajstić information content (AvgIpc) is 3.16. The highest BCUT2D eigenvalue weighted by Gasteiger charge is 2.31. The molecule has 2 amide bonds. The molecule has 1 unspecified atom stereocenters. The zero-order valence-electron chi connectivity index (χ0n) is 19.2. The summed E-state index contributed by atoms with van der Waals surface area (Å²) in [6.45, 7) is 6.15. The van der Waals surface area contributed by atoms with Crippen molar-refractivity contribution in [1.82, 2.24) is 24.8 Å². The number of aryl methyl sites for hydroxylation is 1. The van der Waals surface area contributed by atoms with Crippen LogP contribution in [0.1, 0.15) is 31.7 Å². The smallest absolute Gasteiger partial charge is 0.242 e. The maximum atomic E-state index is 13.1. The fraction of sp³-hybridized carbons (Fsp3) is 0.440. The number of imidazole rings is 1. The zero-order chi connectivity index (χ0) is 23.2. The number of para-hydroxylation sites is 2. The SMILES string of the molecule is CC(C)CN1CC(OCc2cccnc2)CN(C(=O)CCc2nc3ccccc3[nH]2)CC1=O. The Kier molecular flexibility index (Phi) is 7.34. The first-order valence-corrected chi connectivity index (χ1v) is 11.5. The van der Waals surface area contributed by atoms with Crippen molar-refractivity contribution in [3.63, 3.8) is 0 Å². The minimum absolute atomic E-state index is 0.0340. The number of benzene rings is 1. The molecule has 1 N–H and O–H groups in total. The lowest BCUT2D eigenvalue weighted by atomic mass is 10.2. The molecule has 0 bridgehead atoms. The molecule has 33 heavy (non-hydrogen) atoms. The van der Waals surface area contributed by atoms with Gasteiger partial charge in [0.25, 0.3) is 0 Å². The summed E-state index contributed by atoms with van der Waals surface area (Å²) in [5, 5.41) is 0. The van der Waals surface area contributed by atoms with Gasteiger partial charge in [0.05, 0.1) is 30.3 Å². The Labute approximate surface area is 194 Å². The molecule has 0 saturated carbocycles. The molecule has 174 valence electrons. The van der Waals surface area contributed by atoms with Crippen LogP contribution >= 0.6 is 0 Å². The molecule has 1 aromatic carbocycles. The van der Waals surface area contributed by atoms with E-state index >= 15 is 0 Å². The molecular weight excluding hydrogens is 418 g/mol. The third kappa shape index (κ3) is 6.16. The summed E-state index contributed by atoms with van der Waals surface area (Å²) in [6.07, 6.45) is 4.01. The number of ether oxygens (including phenoxy) is 1. The van der Waals surface area contributed by atoms with Crippen LogP contribution in [0.3, 0.4) is 0 Å². The van der Waals surface area contributed by atoms with Crippen LogP contribution in [0, 0.1) is 5.92 Å². The number of fused-ring (bicyclic) bond motifs is 1. The molecule has 0 aliphatic carbocycles. The Morgan fingerprint density at radius 3 is 2.82 bits per heavy atom. The fourth-order valence-electron chi connectivity index (χ4n) is 4.10. The van der Waals surface area contributed by atoms with Gasteiger partial charge in [-0.15, -0.1) is 0 Å². The molecule has 3 heterocycles. The highest BCUT2D eigenvalue weighted by atomic mass is 16.5. The van der Waals surface area contributed by atoms with E-state index < -0.39 is 0 Å². The van der Waals surface area contributed by atoms with Gasteiger partial charge < -0.3 is 19.5 Å². The number of H-pyrrole nitrogens is 1. The van der Waals surface area contributed by atoms with Gasteiger partial charge in [-0.2, -0.15) is 0 Å². The third-order valence-electron chi connectivity index (χ3n) is 5.69.